The van der Waals surface area contributed by atoms with Gasteiger partial charge in [-0.2, -0.15) is 0 Å². The van der Waals surface area contributed by atoms with E-state index in [0.29, 0.717) is 23.7 Å². The number of carboxylic acid groups (broad SMARTS) is 1. The van der Waals surface area contributed by atoms with Crippen molar-refractivity contribution in [1.82, 2.24) is 0 Å². The van der Waals surface area contributed by atoms with Crippen LogP contribution in [-0.4, -0.2) is 11.1 Å². The molecule has 0 bridgehead atoms. The molecule has 3 nitrogen and oxygen atoms in total. The zero-order valence-electron chi connectivity index (χ0n) is 14.5. The molecule has 23 heavy (non-hydrogen) atoms. The highest BCUT2D eigenvalue weighted by Crippen LogP contribution is 2.64. The Hall–Kier alpha value is -1.25. The van der Waals surface area contributed by atoms with Crippen molar-refractivity contribution < 1.29 is 14.3 Å². The summed E-state index contributed by atoms with van der Waals surface area (Å²) in [5, 5.41) is 9.91. The SMILES string of the molecule is CC1c2ccoc2CC2C1CCC1[C@]2(C)CCC[C@@]1(C)C(=O)O. The molecule has 1 heterocycles. The molecule has 1 aromatic rings. The summed E-state index contributed by atoms with van der Waals surface area (Å²) in [6.07, 6.45) is 8.11. The summed E-state index contributed by atoms with van der Waals surface area (Å²) < 4.78 is 5.78. The predicted molar refractivity (Wildman–Crippen MR) is 88.2 cm³/mol. The number of furan rings is 1. The van der Waals surface area contributed by atoms with Gasteiger partial charge in [-0.05, 0) is 73.3 Å². The average molecular weight is 316 g/mol. The average Bonchev–Trinajstić information content (AvgIpc) is 2.96. The minimum atomic E-state index is -0.588. The van der Waals surface area contributed by atoms with Gasteiger partial charge in [0.1, 0.15) is 5.76 Å². The van der Waals surface area contributed by atoms with Crippen LogP contribution >= 0.6 is 0 Å². The molecule has 4 rings (SSSR count). The molecular weight excluding hydrogens is 288 g/mol. The fourth-order valence-electron chi connectivity index (χ4n) is 6.65. The number of carbonyl (C=O) groups is 1. The number of rotatable bonds is 1. The molecule has 0 spiro atoms. The maximum Gasteiger partial charge on any atom is 0.309 e. The lowest BCUT2D eigenvalue weighted by atomic mass is 9.43. The highest BCUT2D eigenvalue weighted by molar-refractivity contribution is 5.75. The molecular formula is C20H28O3. The molecule has 3 aliphatic rings. The smallest absolute Gasteiger partial charge is 0.309 e. The number of hydrogen-bond acceptors (Lipinski definition) is 2. The lowest BCUT2D eigenvalue weighted by Gasteiger charge is -2.60. The van der Waals surface area contributed by atoms with Crippen molar-refractivity contribution in [3.05, 3.63) is 23.7 Å². The van der Waals surface area contributed by atoms with Crippen LogP contribution < -0.4 is 0 Å². The van der Waals surface area contributed by atoms with Crippen molar-refractivity contribution in [2.75, 3.05) is 0 Å². The van der Waals surface area contributed by atoms with E-state index in [1.165, 1.54) is 18.4 Å². The minimum absolute atomic E-state index is 0.132. The summed E-state index contributed by atoms with van der Waals surface area (Å²) in [5.41, 5.74) is 0.975. The lowest BCUT2D eigenvalue weighted by molar-refractivity contribution is -0.171. The molecule has 0 amide bonds. The van der Waals surface area contributed by atoms with Crippen LogP contribution in [0.1, 0.15) is 70.1 Å². The van der Waals surface area contributed by atoms with E-state index in [1.807, 2.05) is 13.2 Å². The second-order valence-electron chi connectivity index (χ2n) is 8.77. The number of aliphatic carboxylic acids is 1. The molecule has 3 aliphatic carbocycles. The number of fused-ring (bicyclic) bond motifs is 4. The van der Waals surface area contributed by atoms with E-state index in [0.717, 1.165) is 31.4 Å². The van der Waals surface area contributed by atoms with Crippen LogP contribution in [0.25, 0.3) is 0 Å². The third-order valence-electron chi connectivity index (χ3n) is 7.94. The van der Waals surface area contributed by atoms with Gasteiger partial charge in [-0.3, -0.25) is 4.79 Å². The quantitative estimate of drug-likeness (QED) is 0.804. The predicted octanol–water partition coefficient (Wildman–Crippen LogP) is 4.86. The summed E-state index contributed by atoms with van der Waals surface area (Å²) in [6.45, 7) is 6.73. The standard InChI is InChI=1S/C20H28O3/c1-12-13-5-6-17-19(2,8-4-9-20(17,3)18(21)22)15(13)11-16-14(12)7-10-23-16/h7,10,12-13,15,17H,4-6,8-9,11H2,1-3H3,(H,21,22)/t12?,13?,15?,17?,19-,20-/m1/s1. The minimum Gasteiger partial charge on any atom is -0.481 e. The summed E-state index contributed by atoms with van der Waals surface area (Å²) >= 11 is 0. The monoisotopic (exact) mass is 316 g/mol. The Morgan fingerprint density at radius 2 is 2.09 bits per heavy atom. The molecule has 1 N–H and O–H groups in total. The van der Waals surface area contributed by atoms with Gasteiger partial charge >= 0.3 is 5.97 Å². The van der Waals surface area contributed by atoms with Gasteiger partial charge < -0.3 is 9.52 Å². The maximum absolute atomic E-state index is 12.0. The van der Waals surface area contributed by atoms with Crippen LogP contribution in [0.3, 0.4) is 0 Å². The fraction of sp³-hybridized carbons (Fsp3) is 0.750. The van der Waals surface area contributed by atoms with Crippen LogP contribution in [0.15, 0.2) is 16.7 Å². The normalized spacial score (nSPS) is 45.7. The van der Waals surface area contributed by atoms with Gasteiger partial charge in [0.2, 0.25) is 0 Å². The van der Waals surface area contributed by atoms with Crippen molar-refractivity contribution in [2.45, 2.75) is 65.2 Å². The van der Waals surface area contributed by atoms with E-state index in [9.17, 15) is 9.90 Å². The van der Waals surface area contributed by atoms with E-state index in [-0.39, 0.29) is 5.41 Å². The Bertz CT molecular complexity index is 633. The Morgan fingerprint density at radius 1 is 1.30 bits per heavy atom. The van der Waals surface area contributed by atoms with E-state index in [1.54, 1.807) is 0 Å². The van der Waals surface area contributed by atoms with Gasteiger partial charge in [0.05, 0.1) is 11.7 Å². The van der Waals surface area contributed by atoms with Crippen molar-refractivity contribution >= 4 is 5.97 Å². The molecule has 1 aromatic heterocycles. The summed E-state index contributed by atoms with van der Waals surface area (Å²) in [7, 11) is 0. The first-order chi connectivity index (χ1) is 10.9. The second-order valence-corrected chi connectivity index (χ2v) is 8.77. The first-order valence-electron chi connectivity index (χ1n) is 9.17. The highest BCUT2D eigenvalue weighted by atomic mass is 16.4. The Balaban J connectivity index is 1.75. The van der Waals surface area contributed by atoms with Gasteiger partial charge in [-0.15, -0.1) is 0 Å². The molecule has 0 saturated heterocycles. The van der Waals surface area contributed by atoms with Gasteiger partial charge in [-0.25, -0.2) is 0 Å². The first-order valence-corrected chi connectivity index (χ1v) is 9.17. The third-order valence-corrected chi connectivity index (χ3v) is 7.94. The van der Waals surface area contributed by atoms with Crippen molar-refractivity contribution in [3.63, 3.8) is 0 Å². The van der Waals surface area contributed by atoms with Crippen molar-refractivity contribution in [1.29, 1.82) is 0 Å². The highest BCUT2D eigenvalue weighted by Gasteiger charge is 2.60. The van der Waals surface area contributed by atoms with Crippen LogP contribution in [0.5, 0.6) is 0 Å². The van der Waals surface area contributed by atoms with Crippen LogP contribution in [-0.2, 0) is 11.2 Å². The summed E-state index contributed by atoms with van der Waals surface area (Å²) in [6, 6.07) is 2.15. The summed E-state index contributed by atoms with van der Waals surface area (Å²) in [4.78, 5) is 12.0. The maximum atomic E-state index is 12.0. The third kappa shape index (κ3) is 1.91. The summed E-state index contributed by atoms with van der Waals surface area (Å²) in [5.74, 6) is 2.65. The zero-order valence-corrected chi connectivity index (χ0v) is 14.5. The number of hydrogen-bond donors (Lipinski definition) is 1. The molecule has 0 radical (unpaired) electrons. The Morgan fingerprint density at radius 3 is 2.83 bits per heavy atom. The molecule has 6 atom stereocenters. The molecule has 3 heteroatoms. The first kappa shape index (κ1) is 15.3. The zero-order chi connectivity index (χ0) is 16.4. The van der Waals surface area contributed by atoms with Gasteiger partial charge in [0.25, 0.3) is 0 Å². The van der Waals surface area contributed by atoms with Crippen LogP contribution in [0.2, 0.25) is 0 Å². The molecule has 0 aromatic carbocycles. The topological polar surface area (TPSA) is 50.4 Å². The molecule has 2 saturated carbocycles. The van der Waals surface area contributed by atoms with E-state index in [2.05, 4.69) is 19.9 Å². The van der Waals surface area contributed by atoms with Gasteiger partial charge in [0, 0.05) is 6.42 Å². The van der Waals surface area contributed by atoms with Gasteiger partial charge in [0.15, 0.2) is 0 Å². The molecule has 126 valence electrons. The molecule has 4 unspecified atom stereocenters. The van der Waals surface area contributed by atoms with Crippen molar-refractivity contribution in [3.8, 4) is 0 Å². The van der Waals surface area contributed by atoms with Crippen molar-refractivity contribution in [2.24, 2.45) is 28.6 Å². The molecule has 2 fully saturated rings. The lowest BCUT2D eigenvalue weighted by Crippen LogP contribution is -2.56. The fourth-order valence-corrected chi connectivity index (χ4v) is 6.65. The number of carboxylic acids is 1. The Labute approximate surface area is 138 Å². The Kier molecular flexibility index (Phi) is 3.24. The second kappa shape index (κ2) is 4.87. The van der Waals surface area contributed by atoms with Gasteiger partial charge in [-0.1, -0.05) is 20.3 Å². The van der Waals surface area contributed by atoms with Crippen LogP contribution in [0.4, 0.5) is 0 Å². The van der Waals surface area contributed by atoms with E-state index >= 15 is 0 Å². The molecule has 0 aliphatic heterocycles. The van der Waals surface area contributed by atoms with E-state index in [4.69, 9.17) is 4.42 Å². The largest absolute Gasteiger partial charge is 0.481 e. The van der Waals surface area contributed by atoms with E-state index < -0.39 is 11.4 Å². The van der Waals surface area contributed by atoms with Crippen LogP contribution in [0, 0.1) is 28.6 Å².